The van der Waals surface area contributed by atoms with E-state index in [1.54, 1.807) is 10.2 Å². The van der Waals surface area contributed by atoms with Crippen LogP contribution in [0.4, 0.5) is 0 Å². The number of aliphatic hydroxyl groups excluding tert-OH is 2. The second-order valence-corrected chi connectivity index (χ2v) is 8.21. The molecule has 0 aliphatic heterocycles. The van der Waals surface area contributed by atoms with Crippen LogP contribution in [0.2, 0.25) is 0 Å². The monoisotopic (exact) mass is 422 g/mol. The molecule has 2 atom stereocenters. The molecule has 0 aromatic rings. The van der Waals surface area contributed by atoms with Crippen LogP contribution in [0.15, 0.2) is 0 Å². The average Bonchev–Trinajstić information content (AvgIpc) is 1.97. The molecule has 0 spiro atoms. The number of hydrogen-bond acceptors (Lipinski definition) is 7. The van der Waals surface area contributed by atoms with Gasteiger partial charge < -0.3 is 30.6 Å². The zero-order valence-corrected chi connectivity index (χ0v) is 12.6. The maximum atomic E-state index is 11.5. The highest BCUT2D eigenvalue weighted by Gasteiger charge is 2.39. The Kier molecular flexibility index (Phi) is 6.49. The minimum absolute atomic E-state index is 1.61. The summed E-state index contributed by atoms with van der Waals surface area (Å²) in [6, 6.07) is 0. The Bertz CT molecular complexity index is 281. The second kappa shape index (κ2) is 6.07. The first-order chi connectivity index (χ1) is 7.26. The zero-order valence-electron chi connectivity index (χ0n) is 7.83. The molecular formula is C4H10Br2ClN2O7P. The fourth-order valence-corrected chi connectivity index (χ4v) is 2.72. The van der Waals surface area contributed by atoms with Gasteiger partial charge in [-0.3, -0.25) is 4.57 Å². The Labute approximate surface area is 117 Å². The van der Waals surface area contributed by atoms with E-state index >= 15 is 0 Å². The molecule has 8 N–H and O–H groups in total. The zero-order chi connectivity index (χ0) is 14.1. The van der Waals surface area contributed by atoms with E-state index in [1.807, 2.05) is 0 Å². The third-order valence-corrected chi connectivity index (χ3v) is 3.88. The van der Waals surface area contributed by atoms with Crippen molar-refractivity contribution in [3.8, 4) is 0 Å². The van der Waals surface area contributed by atoms with Crippen molar-refractivity contribution < 1.29 is 35.2 Å². The summed E-state index contributed by atoms with van der Waals surface area (Å²) in [5.41, 5.74) is 0. The topological polar surface area (TPSA) is 163 Å². The lowest BCUT2D eigenvalue weighted by Gasteiger charge is -2.28. The molecule has 0 heterocycles. The van der Waals surface area contributed by atoms with E-state index < -0.39 is 28.6 Å². The number of hydrogen-bond donors (Lipinski definition) is 8. The summed E-state index contributed by atoms with van der Waals surface area (Å²) < 4.78 is 5.81. The number of aliphatic hydroxyl groups is 6. The lowest BCUT2D eigenvalue weighted by molar-refractivity contribution is -0.154. The molecule has 104 valence electrons. The van der Waals surface area contributed by atoms with E-state index in [0.29, 0.717) is 0 Å². The molecule has 0 aliphatic rings. The predicted octanol–water partition coefficient (Wildman–Crippen LogP) is -1.78. The number of alkyl halides is 2. The van der Waals surface area contributed by atoms with Gasteiger partial charge in [-0.1, -0.05) is 0 Å². The molecule has 0 aromatic heterocycles. The van der Waals surface area contributed by atoms with Crippen LogP contribution >= 0.6 is 49.9 Å². The molecule has 0 amide bonds. The van der Waals surface area contributed by atoms with Crippen molar-refractivity contribution in [2.24, 2.45) is 0 Å². The lowest BCUT2D eigenvalue weighted by Crippen LogP contribution is -2.50. The van der Waals surface area contributed by atoms with E-state index in [0.717, 1.165) is 0 Å². The molecule has 13 heteroatoms. The molecule has 9 nitrogen and oxygen atoms in total. The Balaban J connectivity index is 4.56. The van der Waals surface area contributed by atoms with Gasteiger partial charge in [-0.2, -0.15) is 0 Å². The van der Waals surface area contributed by atoms with Crippen molar-refractivity contribution in [1.82, 2.24) is 10.2 Å². The Morgan fingerprint density at radius 1 is 1.00 bits per heavy atom. The summed E-state index contributed by atoms with van der Waals surface area (Å²) >= 11 is 9.71. The third kappa shape index (κ3) is 7.35. The van der Waals surface area contributed by atoms with Gasteiger partial charge in [0, 0.05) is 0 Å². The molecular weight excluding hydrogens is 414 g/mol. The van der Waals surface area contributed by atoms with E-state index in [4.69, 9.17) is 41.9 Å². The quantitative estimate of drug-likeness (QED) is 0.140. The largest absolute Gasteiger partial charge is 0.372 e. The van der Waals surface area contributed by atoms with Crippen LogP contribution < -0.4 is 10.2 Å². The molecule has 0 saturated heterocycles. The van der Waals surface area contributed by atoms with Crippen molar-refractivity contribution in [2.75, 3.05) is 0 Å². The van der Waals surface area contributed by atoms with Crippen molar-refractivity contribution in [3.63, 3.8) is 0 Å². The van der Waals surface area contributed by atoms with Crippen LogP contribution in [0.25, 0.3) is 0 Å². The molecule has 0 saturated carbocycles. The van der Waals surface area contributed by atoms with Crippen LogP contribution in [-0.4, -0.2) is 52.5 Å². The van der Waals surface area contributed by atoms with Gasteiger partial charge in [-0.25, -0.2) is 10.2 Å². The minimum Gasteiger partial charge on any atom is -0.372 e. The molecule has 0 fully saturated rings. The summed E-state index contributed by atoms with van der Waals surface area (Å²) in [5, 5.41) is 56.7. The Morgan fingerprint density at radius 2 is 1.24 bits per heavy atom. The molecule has 0 rings (SSSR count). The van der Waals surface area contributed by atoms with E-state index in [-0.39, 0.29) is 0 Å². The van der Waals surface area contributed by atoms with Gasteiger partial charge in [0.1, 0.15) is 0 Å². The average molecular weight is 424 g/mol. The van der Waals surface area contributed by atoms with Gasteiger partial charge in [-0.15, -0.1) is 0 Å². The second-order valence-electron chi connectivity index (χ2n) is 2.87. The van der Waals surface area contributed by atoms with Crippen molar-refractivity contribution >= 4 is 49.9 Å². The molecule has 2 unspecified atom stereocenters. The first-order valence-corrected chi connectivity index (χ1v) is 7.94. The maximum absolute atomic E-state index is 11.5. The summed E-state index contributed by atoms with van der Waals surface area (Å²) in [6.45, 7) is -4.23. The van der Waals surface area contributed by atoms with Gasteiger partial charge in [0.25, 0.3) is 9.39 Å². The van der Waals surface area contributed by atoms with Gasteiger partial charge >= 0.3 is 6.80 Å². The van der Waals surface area contributed by atoms with Crippen molar-refractivity contribution in [3.05, 3.63) is 0 Å². The fourth-order valence-electron chi connectivity index (χ4n) is 0.516. The summed E-state index contributed by atoms with van der Waals surface area (Å²) in [4.78, 5) is 0. The molecule has 0 aromatic carbocycles. The minimum atomic E-state index is -4.23. The highest BCUT2D eigenvalue weighted by atomic mass is 79.9. The van der Waals surface area contributed by atoms with Crippen LogP contribution in [0.5, 0.6) is 0 Å². The van der Waals surface area contributed by atoms with Crippen LogP contribution in [0.1, 0.15) is 0 Å². The SMILES string of the molecule is O=P(Cl)(NC(O)C(O)(O)Br)NC(O)C(O)(O)Br. The van der Waals surface area contributed by atoms with E-state index in [1.165, 1.54) is 0 Å². The lowest BCUT2D eigenvalue weighted by atomic mass is 10.6. The van der Waals surface area contributed by atoms with E-state index in [2.05, 4.69) is 31.9 Å². The van der Waals surface area contributed by atoms with Gasteiger partial charge in [-0.05, 0) is 43.1 Å². The molecule has 0 radical (unpaired) electrons. The first kappa shape index (κ1) is 18.2. The van der Waals surface area contributed by atoms with Gasteiger partial charge in [0.2, 0.25) is 0 Å². The fraction of sp³-hybridized carbons (Fsp3) is 1.00. The van der Waals surface area contributed by atoms with Crippen LogP contribution in [0.3, 0.4) is 0 Å². The van der Waals surface area contributed by atoms with E-state index in [9.17, 15) is 4.57 Å². The van der Waals surface area contributed by atoms with Crippen LogP contribution in [0, 0.1) is 0 Å². The summed E-state index contributed by atoms with van der Waals surface area (Å²) in [6.07, 6.45) is -4.37. The number of halogens is 3. The molecule has 0 bridgehead atoms. The Hall–Kier alpha value is 1.16. The third-order valence-electron chi connectivity index (χ3n) is 1.27. The molecule has 0 aliphatic carbocycles. The smallest absolute Gasteiger partial charge is 0.303 e. The molecule has 17 heavy (non-hydrogen) atoms. The Morgan fingerprint density at radius 3 is 1.41 bits per heavy atom. The summed E-state index contributed by atoms with van der Waals surface area (Å²) in [5.74, 6) is 0. The summed E-state index contributed by atoms with van der Waals surface area (Å²) in [7, 11) is 0. The van der Waals surface area contributed by atoms with Gasteiger partial charge in [0.05, 0.1) is 0 Å². The van der Waals surface area contributed by atoms with Crippen molar-refractivity contribution in [2.45, 2.75) is 21.8 Å². The predicted molar refractivity (Wildman–Crippen MR) is 63.9 cm³/mol. The highest BCUT2D eigenvalue weighted by Crippen LogP contribution is 2.44. The van der Waals surface area contributed by atoms with Crippen LogP contribution in [-0.2, 0) is 4.57 Å². The highest BCUT2D eigenvalue weighted by molar-refractivity contribution is 9.10. The first-order valence-electron chi connectivity index (χ1n) is 3.74. The van der Waals surface area contributed by atoms with Crippen molar-refractivity contribution in [1.29, 1.82) is 0 Å². The normalized spacial score (nSPS) is 20.8. The number of nitrogens with one attached hydrogen (secondary N) is 2. The maximum Gasteiger partial charge on any atom is 0.303 e. The number of rotatable bonds is 6. The van der Waals surface area contributed by atoms with Gasteiger partial charge in [0.15, 0.2) is 12.5 Å². The standard InChI is InChI=1S/C4H10Br2ClN2O7P/c5-3(12,13)1(10)8-17(7,16)9-2(11)4(6,14)15/h1-2,10-15H,(H2,8,9,16).